The predicted octanol–water partition coefficient (Wildman–Crippen LogP) is 2.01. The summed E-state index contributed by atoms with van der Waals surface area (Å²) in [6.45, 7) is 1.66. The average Bonchev–Trinajstić information content (AvgIpc) is 2.14. The lowest BCUT2D eigenvalue weighted by Crippen LogP contribution is -2.33. The summed E-state index contributed by atoms with van der Waals surface area (Å²) >= 11 is 0. The van der Waals surface area contributed by atoms with Crippen molar-refractivity contribution in [3.63, 3.8) is 0 Å². The van der Waals surface area contributed by atoms with Gasteiger partial charge in [-0.15, -0.1) is 0 Å². The van der Waals surface area contributed by atoms with Gasteiger partial charge in [-0.2, -0.15) is 0 Å². The Kier molecular flexibility index (Phi) is 2.60. The molecule has 1 aromatic carbocycles. The minimum atomic E-state index is -0.453. The van der Waals surface area contributed by atoms with E-state index in [0.717, 1.165) is 0 Å². The third-order valence-electron chi connectivity index (χ3n) is 2.59. The van der Waals surface area contributed by atoms with Gasteiger partial charge in [0.15, 0.2) is 5.75 Å². The van der Waals surface area contributed by atoms with Crippen LogP contribution < -0.4 is 4.74 Å². The van der Waals surface area contributed by atoms with Gasteiger partial charge in [0.2, 0.25) is 0 Å². The Morgan fingerprint density at radius 2 is 2.12 bits per heavy atom. The van der Waals surface area contributed by atoms with Gasteiger partial charge in [-0.25, -0.2) is 0 Å². The molecule has 1 fully saturated rings. The molecule has 1 aromatic rings. The number of ether oxygens (including phenoxy) is 1. The van der Waals surface area contributed by atoms with Crippen molar-refractivity contribution in [3.8, 4) is 5.75 Å². The van der Waals surface area contributed by atoms with Crippen LogP contribution in [0.25, 0.3) is 0 Å². The zero-order valence-corrected chi connectivity index (χ0v) is 8.80. The smallest absolute Gasteiger partial charge is 0.313 e. The Balaban J connectivity index is 2.23. The second-order valence-corrected chi connectivity index (χ2v) is 3.87. The van der Waals surface area contributed by atoms with Gasteiger partial charge in [-0.1, -0.05) is 12.1 Å². The zero-order chi connectivity index (χ0) is 11.7. The molecule has 2 rings (SSSR count). The number of nitro groups is 1. The van der Waals surface area contributed by atoms with Gasteiger partial charge >= 0.3 is 5.69 Å². The van der Waals surface area contributed by atoms with Crippen molar-refractivity contribution in [1.29, 1.82) is 0 Å². The molecule has 0 N–H and O–H groups in total. The fraction of sp³-hybridized carbons (Fsp3) is 0.364. The topological polar surface area (TPSA) is 69.4 Å². The summed E-state index contributed by atoms with van der Waals surface area (Å²) in [6, 6.07) is 4.93. The summed E-state index contributed by atoms with van der Waals surface area (Å²) in [5.74, 6) is 0.391. The van der Waals surface area contributed by atoms with Crippen LogP contribution in [0.5, 0.6) is 5.75 Å². The lowest BCUT2D eigenvalue weighted by Gasteiger charge is -2.25. The van der Waals surface area contributed by atoms with Gasteiger partial charge in [0.05, 0.1) is 4.92 Å². The first kappa shape index (κ1) is 10.6. The second-order valence-electron chi connectivity index (χ2n) is 3.87. The molecule has 1 aliphatic carbocycles. The molecule has 0 amide bonds. The van der Waals surface area contributed by atoms with Crippen molar-refractivity contribution in [3.05, 3.63) is 33.9 Å². The minimum Gasteiger partial charge on any atom is -0.483 e. The molecular formula is C11H11NO4. The van der Waals surface area contributed by atoms with E-state index in [-0.39, 0.29) is 23.3 Å². The third-order valence-corrected chi connectivity index (χ3v) is 2.59. The van der Waals surface area contributed by atoms with E-state index in [1.807, 2.05) is 0 Å². The van der Waals surface area contributed by atoms with Crippen molar-refractivity contribution in [2.24, 2.45) is 0 Å². The third kappa shape index (κ3) is 1.88. The van der Waals surface area contributed by atoms with Gasteiger partial charge in [0.25, 0.3) is 0 Å². The maximum Gasteiger partial charge on any atom is 0.313 e. The van der Waals surface area contributed by atoms with Crippen LogP contribution in [-0.4, -0.2) is 16.8 Å². The van der Waals surface area contributed by atoms with Crippen molar-refractivity contribution in [1.82, 2.24) is 0 Å². The Morgan fingerprint density at radius 3 is 2.69 bits per heavy atom. The van der Waals surface area contributed by atoms with Gasteiger partial charge in [-0.05, 0) is 13.0 Å². The molecule has 0 spiro atoms. The molecule has 0 unspecified atom stereocenters. The van der Waals surface area contributed by atoms with Crippen molar-refractivity contribution in [2.45, 2.75) is 25.9 Å². The van der Waals surface area contributed by atoms with Crippen LogP contribution in [0.15, 0.2) is 18.2 Å². The SMILES string of the molecule is Cc1cccc(OC2CC(=O)C2)c1[N+](=O)[O-]. The number of aryl methyl sites for hydroxylation is 1. The quantitative estimate of drug-likeness (QED) is 0.578. The summed E-state index contributed by atoms with van der Waals surface area (Å²) in [6.07, 6.45) is 0.504. The Labute approximate surface area is 92.2 Å². The van der Waals surface area contributed by atoms with E-state index >= 15 is 0 Å². The molecule has 5 nitrogen and oxygen atoms in total. The van der Waals surface area contributed by atoms with Crippen molar-refractivity contribution >= 4 is 11.5 Å². The van der Waals surface area contributed by atoms with Crippen LogP contribution in [0, 0.1) is 17.0 Å². The highest BCUT2D eigenvalue weighted by Gasteiger charge is 2.30. The zero-order valence-electron chi connectivity index (χ0n) is 8.80. The summed E-state index contributed by atoms with van der Waals surface area (Å²) < 4.78 is 5.43. The second kappa shape index (κ2) is 3.92. The highest BCUT2D eigenvalue weighted by atomic mass is 16.6. The normalized spacial score (nSPS) is 15.7. The molecule has 84 valence electrons. The van der Waals surface area contributed by atoms with Gasteiger partial charge in [0, 0.05) is 18.4 Å². The highest BCUT2D eigenvalue weighted by molar-refractivity contribution is 5.85. The van der Waals surface area contributed by atoms with E-state index < -0.39 is 4.92 Å². The van der Waals surface area contributed by atoms with Crippen LogP contribution in [0.1, 0.15) is 18.4 Å². The van der Waals surface area contributed by atoms with Crippen LogP contribution in [-0.2, 0) is 4.79 Å². The Hall–Kier alpha value is -1.91. The monoisotopic (exact) mass is 221 g/mol. The van der Waals surface area contributed by atoms with Crippen LogP contribution >= 0.6 is 0 Å². The Bertz CT molecular complexity index is 447. The van der Waals surface area contributed by atoms with E-state index in [1.54, 1.807) is 25.1 Å². The van der Waals surface area contributed by atoms with E-state index in [0.29, 0.717) is 18.4 Å². The molecule has 0 aliphatic heterocycles. The number of rotatable bonds is 3. The number of para-hydroxylation sites is 1. The maximum atomic E-state index is 10.9. The largest absolute Gasteiger partial charge is 0.483 e. The number of hydrogen-bond donors (Lipinski definition) is 0. The molecule has 0 atom stereocenters. The van der Waals surface area contributed by atoms with Gasteiger partial charge < -0.3 is 4.74 Å². The summed E-state index contributed by atoms with van der Waals surface area (Å²) in [4.78, 5) is 21.2. The molecule has 0 radical (unpaired) electrons. The lowest BCUT2D eigenvalue weighted by molar-refractivity contribution is -0.386. The van der Waals surface area contributed by atoms with Crippen LogP contribution in [0.3, 0.4) is 0 Å². The number of ketones is 1. The molecule has 0 bridgehead atoms. The molecule has 0 saturated heterocycles. The van der Waals surface area contributed by atoms with Gasteiger partial charge in [0.1, 0.15) is 11.9 Å². The van der Waals surface area contributed by atoms with E-state index in [2.05, 4.69) is 0 Å². The molecular weight excluding hydrogens is 210 g/mol. The first-order valence-electron chi connectivity index (χ1n) is 5.00. The maximum absolute atomic E-state index is 10.9. The molecule has 1 saturated carbocycles. The predicted molar refractivity (Wildman–Crippen MR) is 56.5 cm³/mol. The van der Waals surface area contributed by atoms with Crippen LogP contribution in [0.2, 0.25) is 0 Å². The lowest BCUT2D eigenvalue weighted by atomic mass is 9.94. The van der Waals surface area contributed by atoms with Crippen LogP contribution in [0.4, 0.5) is 5.69 Å². The van der Waals surface area contributed by atoms with E-state index in [4.69, 9.17) is 4.74 Å². The number of hydrogen-bond acceptors (Lipinski definition) is 4. The molecule has 0 heterocycles. The highest BCUT2D eigenvalue weighted by Crippen LogP contribution is 2.33. The molecule has 5 heteroatoms. The fourth-order valence-corrected chi connectivity index (χ4v) is 1.67. The van der Waals surface area contributed by atoms with Crippen molar-refractivity contribution < 1.29 is 14.5 Å². The average molecular weight is 221 g/mol. The fourth-order valence-electron chi connectivity index (χ4n) is 1.67. The van der Waals surface area contributed by atoms with E-state index in [9.17, 15) is 14.9 Å². The summed E-state index contributed by atoms with van der Waals surface area (Å²) in [5, 5.41) is 10.9. The first-order valence-corrected chi connectivity index (χ1v) is 5.00. The summed E-state index contributed by atoms with van der Waals surface area (Å²) in [5.41, 5.74) is 0.551. The molecule has 16 heavy (non-hydrogen) atoms. The first-order chi connectivity index (χ1) is 7.58. The number of nitro benzene ring substituents is 1. The van der Waals surface area contributed by atoms with Gasteiger partial charge in [-0.3, -0.25) is 14.9 Å². The van der Waals surface area contributed by atoms with Crippen molar-refractivity contribution in [2.75, 3.05) is 0 Å². The number of nitrogens with zero attached hydrogens (tertiary/aromatic N) is 1. The summed E-state index contributed by atoms with van der Waals surface area (Å²) in [7, 11) is 0. The number of carbonyl (C=O) groups excluding carboxylic acids is 1. The number of Topliss-reactive ketones (excluding diaryl/α,β-unsaturated/α-hetero) is 1. The minimum absolute atomic E-state index is 0.0122. The number of carbonyl (C=O) groups is 1. The molecule has 1 aliphatic rings. The standard InChI is InChI=1S/C11H11NO4/c1-7-3-2-4-10(11(7)12(14)15)16-9-5-8(13)6-9/h2-4,9H,5-6H2,1H3. The Morgan fingerprint density at radius 1 is 1.44 bits per heavy atom. The molecule has 0 aromatic heterocycles. The van der Waals surface area contributed by atoms with E-state index in [1.165, 1.54) is 0 Å². The number of benzene rings is 1.